The maximum atomic E-state index is 14.0. The Morgan fingerprint density at radius 2 is 1.75 bits per heavy atom. The van der Waals surface area contributed by atoms with Gasteiger partial charge in [0, 0.05) is 30.6 Å². The summed E-state index contributed by atoms with van der Waals surface area (Å²) in [4.78, 5) is 14.1. The first kappa shape index (κ1) is 26.9. The molecular formula is C28H28BF3N2O2. The second kappa shape index (κ2) is 12.8. The lowest BCUT2D eigenvalue weighted by atomic mass is 9.50. The normalized spacial score (nSPS) is 15.7. The van der Waals surface area contributed by atoms with Crippen molar-refractivity contribution >= 4 is 12.8 Å². The molecule has 4 rings (SSSR count). The molecule has 1 saturated heterocycles. The fourth-order valence-corrected chi connectivity index (χ4v) is 3.96. The zero-order valence-electron chi connectivity index (χ0n) is 20.3. The largest absolute Gasteiger partial charge is 0.446 e. The average Bonchev–Trinajstić information content (AvgIpc) is 2.88. The summed E-state index contributed by atoms with van der Waals surface area (Å²) in [6.45, 7) is 4.32. The van der Waals surface area contributed by atoms with Crippen LogP contribution < -0.4 is 0 Å². The molecular weight excluding hydrogens is 464 g/mol. The molecule has 0 radical (unpaired) electrons. The van der Waals surface area contributed by atoms with Gasteiger partial charge in [-0.05, 0) is 48.7 Å². The van der Waals surface area contributed by atoms with Crippen LogP contribution in [0.4, 0.5) is 18.0 Å². The van der Waals surface area contributed by atoms with E-state index in [0.717, 1.165) is 18.1 Å². The third-order valence-corrected chi connectivity index (χ3v) is 6.17. The smallest absolute Gasteiger partial charge is 0.410 e. The maximum Gasteiger partial charge on any atom is 0.410 e. The number of hydrogen-bond donors (Lipinski definition) is 0. The van der Waals surface area contributed by atoms with Gasteiger partial charge in [-0.1, -0.05) is 55.6 Å². The molecule has 36 heavy (non-hydrogen) atoms. The summed E-state index contributed by atoms with van der Waals surface area (Å²) in [5.74, 6) is 0.796. The van der Waals surface area contributed by atoms with Crippen LogP contribution >= 0.6 is 0 Å². The first-order valence-electron chi connectivity index (χ1n) is 11.9. The van der Waals surface area contributed by atoms with Crippen molar-refractivity contribution in [3.05, 3.63) is 95.8 Å². The van der Waals surface area contributed by atoms with E-state index in [9.17, 15) is 18.0 Å². The number of nitriles is 1. The Bertz CT molecular complexity index is 1190. The fourth-order valence-electron chi connectivity index (χ4n) is 3.96. The number of rotatable bonds is 6. The number of carbonyl (C=O) groups excluding carboxylic acids is 1. The number of carbonyl (C=O) groups is 1. The third kappa shape index (κ3) is 7.38. The highest BCUT2D eigenvalue weighted by Crippen LogP contribution is 2.29. The molecule has 0 aromatic heterocycles. The van der Waals surface area contributed by atoms with Crippen LogP contribution in [0.3, 0.4) is 0 Å². The number of amides is 1. The highest BCUT2D eigenvalue weighted by atomic mass is 19.1. The Hall–Kier alpha value is -3.73. The van der Waals surface area contributed by atoms with Crippen LogP contribution in [0.25, 0.3) is 11.1 Å². The molecule has 0 bridgehead atoms. The lowest BCUT2D eigenvalue weighted by Crippen LogP contribution is -2.43. The van der Waals surface area contributed by atoms with E-state index in [1.165, 1.54) is 24.3 Å². The van der Waals surface area contributed by atoms with Crippen LogP contribution in [0, 0.1) is 28.7 Å². The summed E-state index contributed by atoms with van der Waals surface area (Å²) in [5, 5.41) is 8.87. The minimum absolute atomic E-state index is 0.0462. The Morgan fingerprint density at radius 3 is 2.31 bits per heavy atom. The summed E-state index contributed by atoms with van der Waals surface area (Å²) >= 11 is 0. The summed E-state index contributed by atoms with van der Waals surface area (Å²) in [5.41, 5.74) is 1.88. The molecule has 3 aromatic carbocycles. The van der Waals surface area contributed by atoms with Crippen molar-refractivity contribution < 1.29 is 22.7 Å². The Morgan fingerprint density at radius 1 is 1.06 bits per heavy atom. The second-order valence-corrected chi connectivity index (χ2v) is 8.81. The van der Waals surface area contributed by atoms with Gasteiger partial charge in [0.15, 0.2) is 0 Å². The van der Waals surface area contributed by atoms with Crippen molar-refractivity contribution in [2.45, 2.75) is 45.1 Å². The van der Waals surface area contributed by atoms with E-state index in [4.69, 9.17) is 10.00 Å². The summed E-state index contributed by atoms with van der Waals surface area (Å²) < 4.78 is 44.5. The highest BCUT2D eigenvalue weighted by molar-refractivity contribution is 6.65. The molecule has 1 amide bonds. The van der Waals surface area contributed by atoms with Crippen molar-refractivity contribution in [2.75, 3.05) is 6.54 Å². The van der Waals surface area contributed by atoms with Gasteiger partial charge in [-0.15, -0.1) is 0 Å². The van der Waals surface area contributed by atoms with E-state index in [1.807, 2.05) is 25.9 Å². The fraction of sp³-hybridized carbons (Fsp3) is 0.286. The predicted octanol–water partition coefficient (Wildman–Crippen LogP) is 7.31. The summed E-state index contributed by atoms with van der Waals surface area (Å²) in [6.07, 6.45) is 1.64. The lowest BCUT2D eigenvalue weighted by Gasteiger charge is -2.36. The SMILES string of the molecule is CB(C#N)CCC1CCN(C(C)c2ccc(-c3ccc(F)cc3F)cc2)C(=O)O1.Fc1ccccc1. The summed E-state index contributed by atoms with van der Waals surface area (Å²) in [6, 6.07) is 18.5. The molecule has 1 heterocycles. The van der Waals surface area contributed by atoms with Gasteiger partial charge < -0.3 is 9.64 Å². The van der Waals surface area contributed by atoms with E-state index < -0.39 is 11.6 Å². The van der Waals surface area contributed by atoms with Crippen molar-refractivity contribution in [2.24, 2.45) is 0 Å². The average molecular weight is 492 g/mol. The zero-order chi connectivity index (χ0) is 26.1. The second-order valence-electron chi connectivity index (χ2n) is 8.81. The number of hydrogen-bond acceptors (Lipinski definition) is 3. The van der Waals surface area contributed by atoms with Crippen molar-refractivity contribution in [3.63, 3.8) is 0 Å². The van der Waals surface area contributed by atoms with Gasteiger partial charge in [0.05, 0.1) is 6.04 Å². The molecule has 186 valence electrons. The van der Waals surface area contributed by atoms with Crippen LogP contribution in [-0.4, -0.2) is 30.4 Å². The zero-order valence-corrected chi connectivity index (χ0v) is 20.3. The van der Waals surface area contributed by atoms with E-state index in [0.29, 0.717) is 30.4 Å². The van der Waals surface area contributed by atoms with Gasteiger partial charge in [0.25, 0.3) is 6.71 Å². The van der Waals surface area contributed by atoms with Crippen LogP contribution in [0.2, 0.25) is 13.1 Å². The molecule has 0 aliphatic carbocycles. The van der Waals surface area contributed by atoms with E-state index in [-0.39, 0.29) is 30.8 Å². The van der Waals surface area contributed by atoms with Gasteiger partial charge in [-0.2, -0.15) is 0 Å². The molecule has 8 heteroatoms. The van der Waals surface area contributed by atoms with Crippen LogP contribution in [0.5, 0.6) is 0 Å². The van der Waals surface area contributed by atoms with Crippen molar-refractivity contribution in [1.82, 2.24) is 4.90 Å². The van der Waals surface area contributed by atoms with Gasteiger partial charge in [-0.3, -0.25) is 0 Å². The van der Waals surface area contributed by atoms with Gasteiger partial charge in [0.1, 0.15) is 23.6 Å². The molecule has 1 fully saturated rings. The monoisotopic (exact) mass is 492 g/mol. The first-order valence-corrected chi connectivity index (χ1v) is 11.9. The third-order valence-electron chi connectivity index (χ3n) is 6.17. The molecule has 0 N–H and O–H groups in total. The minimum atomic E-state index is -0.611. The quantitative estimate of drug-likeness (QED) is 0.339. The van der Waals surface area contributed by atoms with E-state index in [1.54, 1.807) is 35.2 Å². The predicted molar refractivity (Wildman–Crippen MR) is 135 cm³/mol. The van der Waals surface area contributed by atoms with Crippen LogP contribution in [0.1, 0.15) is 31.4 Å². The topological polar surface area (TPSA) is 53.3 Å². The highest BCUT2D eigenvalue weighted by Gasteiger charge is 2.31. The van der Waals surface area contributed by atoms with Crippen LogP contribution in [0.15, 0.2) is 72.8 Å². The van der Waals surface area contributed by atoms with Gasteiger partial charge >= 0.3 is 6.09 Å². The minimum Gasteiger partial charge on any atom is -0.446 e. The maximum absolute atomic E-state index is 14.0. The molecule has 0 saturated carbocycles. The molecule has 0 spiro atoms. The number of ether oxygens (including phenoxy) is 1. The standard InChI is InChI=1S/C22H23BF2N2O2.C6H5F/c1-15(27-12-10-19(29-22(27)28)9-11-23(2)14-26)16-3-5-17(6-4-16)20-8-7-18(24)13-21(20)25;7-6-4-2-1-3-5-6/h3-8,13,15,19H,9-12H2,1-2H3;1-5H. The molecule has 1 aliphatic rings. The first-order chi connectivity index (χ1) is 17.3. The molecule has 4 nitrogen and oxygen atoms in total. The van der Waals surface area contributed by atoms with Crippen LogP contribution in [-0.2, 0) is 4.74 Å². The van der Waals surface area contributed by atoms with Crippen molar-refractivity contribution in [1.29, 1.82) is 5.26 Å². The molecule has 1 aliphatic heterocycles. The number of cyclic esters (lactones) is 1. The van der Waals surface area contributed by atoms with E-state index in [2.05, 4.69) is 5.97 Å². The lowest BCUT2D eigenvalue weighted by molar-refractivity contribution is 0.0119. The van der Waals surface area contributed by atoms with Gasteiger partial charge in [-0.25, -0.2) is 23.2 Å². The Kier molecular flexibility index (Phi) is 9.57. The molecule has 2 atom stereocenters. The Balaban J connectivity index is 0.000000444. The number of nitrogens with zero attached hydrogens (tertiary/aromatic N) is 2. The Labute approximate surface area is 210 Å². The van der Waals surface area contributed by atoms with Gasteiger partial charge in [0.2, 0.25) is 0 Å². The van der Waals surface area contributed by atoms with Crippen molar-refractivity contribution in [3.8, 4) is 17.1 Å². The molecule has 3 aromatic rings. The van der Waals surface area contributed by atoms with E-state index >= 15 is 0 Å². The molecule has 2 unspecified atom stereocenters. The number of halogens is 3. The summed E-state index contributed by atoms with van der Waals surface area (Å²) in [7, 11) is 0. The number of benzene rings is 3.